The first kappa shape index (κ1) is 29.2. The highest BCUT2D eigenvalue weighted by Crippen LogP contribution is 2.33. The fourth-order valence-corrected chi connectivity index (χ4v) is 6.22. The van der Waals surface area contributed by atoms with Crippen LogP contribution >= 0.6 is 0 Å². The number of para-hydroxylation sites is 1. The fourth-order valence-electron chi connectivity index (χ4n) is 6.22. The van der Waals surface area contributed by atoms with Crippen molar-refractivity contribution in [1.82, 2.24) is 34.9 Å². The summed E-state index contributed by atoms with van der Waals surface area (Å²) in [5.74, 6) is 1.61. The van der Waals surface area contributed by atoms with Gasteiger partial charge in [-0.1, -0.05) is 109 Å². The van der Waals surface area contributed by atoms with Crippen LogP contribution in [0.15, 0.2) is 164 Å². The number of hydrogen-bond acceptors (Lipinski definition) is 7. The van der Waals surface area contributed by atoms with Crippen LogP contribution in [0.2, 0.25) is 0 Å². The maximum Gasteiger partial charge on any atom is 0.182 e. The van der Waals surface area contributed by atoms with E-state index in [1.54, 1.807) is 12.4 Å². The van der Waals surface area contributed by atoms with Crippen molar-refractivity contribution in [2.45, 2.75) is 0 Å². The summed E-state index contributed by atoms with van der Waals surface area (Å²) in [5, 5.41) is 3.33. The number of rotatable bonds is 6. The first-order valence-electron chi connectivity index (χ1n) is 16.3. The highest BCUT2D eigenvalue weighted by molar-refractivity contribution is 6.10. The van der Waals surface area contributed by atoms with Gasteiger partial charge in [0.2, 0.25) is 0 Å². The lowest BCUT2D eigenvalue weighted by Gasteiger charge is -2.11. The Balaban J connectivity index is 1.13. The molecule has 0 bridgehead atoms. The molecule has 0 saturated heterocycles. The van der Waals surface area contributed by atoms with Crippen LogP contribution in [0.4, 0.5) is 0 Å². The Labute approximate surface area is 288 Å². The van der Waals surface area contributed by atoms with Gasteiger partial charge in [-0.2, -0.15) is 0 Å². The van der Waals surface area contributed by atoms with Crippen LogP contribution in [0.3, 0.4) is 0 Å². The molecule has 234 valence electrons. The molecule has 5 aromatic heterocycles. The normalized spacial score (nSPS) is 11.2. The summed E-state index contributed by atoms with van der Waals surface area (Å²) in [7, 11) is 0. The predicted molar refractivity (Wildman–Crippen MR) is 199 cm³/mol. The molecule has 0 N–H and O–H groups in total. The van der Waals surface area contributed by atoms with Gasteiger partial charge in [-0.3, -0.25) is 9.97 Å². The molecule has 50 heavy (non-hydrogen) atoms. The summed E-state index contributed by atoms with van der Waals surface area (Å²) < 4.78 is 0. The average molecular weight is 642 g/mol. The quantitative estimate of drug-likeness (QED) is 0.167. The third-order valence-electron chi connectivity index (χ3n) is 8.69. The number of pyridine rings is 4. The zero-order chi connectivity index (χ0) is 33.3. The van der Waals surface area contributed by atoms with Gasteiger partial charge in [0.15, 0.2) is 17.5 Å². The molecule has 7 nitrogen and oxygen atoms in total. The van der Waals surface area contributed by atoms with E-state index in [0.29, 0.717) is 23.2 Å². The molecule has 0 fully saturated rings. The van der Waals surface area contributed by atoms with Gasteiger partial charge in [0, 0.05) is 46.1 Å². The maximum absolute atomic E-state index is 5.12. The highest BCUT2D eigenvalue weighted by Gasteiger charge is 2.16. The molecule has 0 radical (unpaired) electrons. The van der Waals surface area contributed by atoms with Gasteiger partial charge in [0.25, 0.3) is 0 Å². The van der Waals surface area contributed by atoms with Crippen LogP contribution in [0.5, 0.6) is 0 Å². The molecule has 0 spiro atoms. The van der Waals surface area contributed by atoms with E-state index in [9.17, 15) is 0 Å². The first-order chi connectivity index (χ1) is 24.8. The minimum atomic E-state index is 0.477. The van der Waals surface area contributed by atoms with Gasteiger partial charge in [-0.15, -0.1) is 0 Å². The zero-order valence-electron chi connectivity index (χ0n) is 26.7. The number of benzene rings is 4. The Hall–Kier alpha value is -6.99. The van der Waals surface area contributed by atoms with Crippen molar-refractivity contribution in [2.24, 2.45) is 0 Å². The molecule has 0 unspecified atom stereocenters. The summed E-state index contributed by atoms with van der Waals surface area (Å²) in [6, 6.07) is 48.6. The standard InChI is InChI=1S/C43H27N7/c1-2-10-29(11-3-1)41-48-42(30-21-19-28(20-22-30)32-12-9-24-44-27-32)50-43(49-41)39-26-31(23-25-45-39)36-17-8-18-38(46-36)40-35-15-5-4-13-33(35)34-14-6-7-16-37(34)47-40/h1-27H. The Morgan fingerprint density at radius 3 is 1.80 bits per heavy atom. The predicted octanol–water partition coefficient (Wildman–Crippen LogP) is 9.76. The van der Waals surface area contributed by atoms with Crippen LogP contribution in [0.1, 0.15) is 0 Å². The van der Waals surface area contributed by atoms with Gasteiger partial charge in [0.05, 0.1) is 22.6 Å². The van der Waals surface area contributed by atoms with E-state index in [4.69, 9.17) is 29.9 Å². The van der Waals surface area contributed by atoms with E-state index in [0.717, 1.165) is 66.6 Å². The van der Waals surface area contributed by atoms with Crippen molar-refractivity contribution in [3.63, 3.8) is 0 Å². The average Bonchev–Trinajstić information content (AvgIpc) is 3.21. The summed E-state index contributed by atoms with van der Waals surface area (Å²) in [6.45, 7) is 0. The Morgan fingerprint density at radius 1 is 0.340 bits per heavy atom. The molecular weight excluding hydrogens is 615 g/mol. The SMILES string of the molecule is c1ccc(-c2nc(-c3ccc(-c4cccnc4)cc3)nc(-c3cc(-c4cccc(-c5nc6ccccc6c6ccccc56)n4)ccn3)n2)cc1. The monoisotopic (exact) mass is 641 g/mol. The second-order valence-electron chi connectivity index (χ2n) is 11.9. The van der Waals surface area contributed by atoms with E-state index in [2.05, 4.69) is 41.4 Å². The zero-order valence-corrected chi connectivity index (χ0v) is 26.7. The molecule has 0 aliphatic rings. The third-order valence-corrected chi connectivity index (χ3v) is 8.69. The molecule has 0 saturated carbocycles. The van der Waals surface area contributed by atoms with Crippen molar-refractivity contribution >= 4 is 21.7 Å². The number of nitrogens with zero attached hydrogens (tertiary/aromatic N) is 7. The lowest BCUT2D eigenvalue weighted by atomic mass is 10.0. The van der Waals surface area contributed by atoms with Crippen LogP contribution in [-0.2, 0) is 0 Å². The lowest BCUT2D eigenvalue weighted by Crippen LogP contribution is -2.01. The second-order valence-corrected chi connectivity index (χ2v) is 11.9. The van der Waals surface area contributed by atoms with E-state index in [1.807, 2.05) is 115 Å². The minimum absolute atomic E-state index is 0.477. The topological polar surface area (TPSA) is 90.2 Å². The van der Waals surface area contributed by atoms with Gasteiger partial charge < -0.3 is 0 Å². The summed E-state index contributed by atoms with van der Waals surface area (Å²) in [6.07, 6.45) is 5.40. The fraction of sp³-hybridized carbons (Fsp3) is 0. The number of hydrogen-bond donors (Lipinski definition) is 0. The van der Waals surface area contributed by atoms with Gasteiger partial charge in [0.1, 0.15) is 5.69 Å². The third kappa shape index (κ3) is 5.52. The molecule has 0 atom stereocenters. The first-order valence-corrected chi connectivity index (χ1v) is 16.3. The molecule has 0 aliphatic heterocycles. The Morgan fingerprint density at radius 2 is 1.00 bits per heavy atom. The molecule has 5 heterocycles. The van der Waals surface area contributed by atoms with Gasteiger partial charge in [-0.05, 0) is 52.9 Å². The van der Waals surface area contributed by atoms with E-state index < -0.39 is 0 Å². The van der Waals surface area contributed by atoms with E-state index in [1.165, 1.54) is 0 Å². The Kier molecular flexibility index (Phi) is 7.33. The molecule has 0 amide bonds. The maximum atomic E-state index is 5.12. The van der Waals surface area contributed by atoms with E-state index in [-0.39, 0.29) is 0 Å². The molecule has 0 aliphatic carbocycles. The van der Waals surface area contributed by atoms with Crippen molar-refractivity contribution < 1.29 is 0 Å². The lowest BCUT2D eigenvalue weighted by molar-refractivity contribution is 1.06. The largest absolute Gasteiger partial charge is 0.264 e. The van der Waals surface area contributed by atoms with Crippen LogP contribution in [0.25, 0.3) is 89.7 Å². The smallest absolute Gasteiger partial charge is 0.182 e. The van der Waals surface area contributed by atoms with E-state index >= 15 is 0 Å². The summed E-state index contributed by atoms with van der Waals surface area (Å²) in [4.78, 5) is 33.9. The molecule has 7 heteroatoms. The van der Waals surface area contributed by atoms with Crippen molar-refractivity contribution in [1.29, 1.82) is 0 Å². The van der Waals surface area contributed by atoms with Crippen LogP contribution in [-0.4, -0.2) is 34.9 Å². The van der Waals surface area contributed by atoms with Crippen LogP contribution in [0, 0.1) is 0 Å². The van der Waals surface area contributed by atoms with Crippen molar-refractivity contribution in [3.05, 3.63) is 164 Å². The number of fused-ring (bicyclic) bond motifs is 3. The minimum Gasteiger partial charge on any atom is -0.264 e. The van der Waals surface area contributed by atoms with Crippen LogP contribution < -0.4 is 0 Å². The molecule has 4 aromatic carbocycles. The summed E-state index contributed by atoms with van der Waals surface area (Å²) in [5.41, 5.74) is 8.77. The van der Waals surface area contributed by atoms with Gasteiger partial charge in [-0.25, -0.2) is 24.9 Å². The highest BCUT2D eigenvalue weighted by atomic mass is 15.0. The number of aromatic nitrogens is 7. The summed E-state index contributed by atoms with van der Waals surface area (Å²) >= 11 is 0. The van der Waals surface area contributed by atoms with Crippen molar-refractivity contribution in [3.8, 4) is 68.1 Å². The molecule has 9 rings (SSSR count). The molecular formula is C43H27N7. The second kappa shape index (κ2) is 12.6. The Bertz CT molecular complexity index is 2640. The molecule has 9 aromatic rings. The van der Waals surface area contributed by atoms with Crippen molar-refractivity contribution in [2.75, 3.05) is 0 Å². The van der Waals surface area contributed by atoms with Gasteiger partial charge >= 0.3 is 0 Å².